The van der Waals surface area contributed by atoms with E-state index in [1.165, 1.54) is 12.1 Å². The highest BCUT2D eigenvalue weighted by atomic mass is 16.6. The second-order valence-electron chi connectivity index (χ2n) is 6.60. The molecule has 1 aromatic carbocycles. The first-order valence-corrected chi connectivity index (χ1v) is 9.17. The highest BCUT2D eigenvalue weighted by Gasteiger charge is 2.18. The van der Waals surface area contributed by atoms with Gasteiger partial charge >= 0.3 is 0 Å². The molecule has 0 radical (unpaired) electrons. The van der Waals surface area contributed by atoms with Crippen LogP contribution in [-0.4, -0.2) is 23.1 Å². The van der Waals surface area contributed by atoms with Crippen LogP contribution in [0.5, 0.6) is 11.5 Å². The molecule has 0 amide bonds. The van der Waals surface area contributed by atoms with Crippen LogP contribution >= 0.6 is 0 Å². The number of nitro groups is 1. The van der Waals surface area contributed by atoms with Gasteiger partial charge in [-0.25, -0.2) is 0 Å². The molecule has 0 saturated heterocycles. The van der Waals surface area contributed by atoms with E-state index < -0.39 is 10.5 Å². The fourth-order valence-electron chi connectivity index (χ4n) is 2.62. The topological polar surface area (TPSA) is 94.5 Å². The fraction of sp³-hybridized carbons (Fsp3) is 0.450. The largest absolute Gasteiger partial charge is 0.485 e. The van der Waals surface area contributed by atoms with Gasteiger partial charge in [0.2, 0.25) is 5.75 Å². The Hall–Kier alpha value is -2.83. The average Bonchev–Trinajstić information content (AvgIpc) is 2.62. The molecule has 0 atom stereocenters. The minimum Gasteiger partial charge on any atom is -0.485 e. The van der Waals surface area contributed by atoms with Crippen molar-refractivity contribution in [2.45, 2.75) is 46.5 Å². The third-order valence-corrected chi connectivity index (χ3v) is 4.08. The normalized spacial score (nSPS) is 10.6. The lowest BCUT2D eigenvalue weighted by molar-refractivity contribution is -0.384. The Kier molecular flexibility index (Phi) is 7.40. The highest BCUT2D eigenvalue weighted by Crippen LogP contribution is 2.33. The molecular formula is C20H26N2O5. The van der Waals surface area contributed by atoms with E-state index in [9.17, 15) is 14.9 Å². The molecule has 0 unspecified atom stereocenters. The summed E-state index contributed by atoms with van der Waals surface area (Å²) in [6.45, 7) is 6.73. The van der Waals surface area contributed by atoms with Crippen molar-refractivity contribution in [1.82, 2.24) is 4.98 Å². The van der Waals surface area contributed by atoms with Gasteiger partial charge in [0.1, 0.15) is 6.61 Å². The number of H-pyrrole nitrogens is 1. The molecule has 7 nitrogen and oxygen atoms in total. The van der Waals surface area contributed by atoms with E-state index in [1.807, 2.05) is 19.9 Å². The van der Waals surface area contributed by atoms with Crippen molar-refractivity contribution in [3.8, 4) is 11.5 Å². The summed E-state index contributed by atoms with van der Waals surface area (Å²) in [5, 5.41) is 11.6. The summed E-state index contributed by atoms with van der Waals surface area (Å²) in [6.07, 6.45) is 6.00. The number of aromatic amines is 1. The van der Waals surface area contributed by atoms with E-state index in [0.29, 0.717) is 23.3 Å². The Morgan fingerprint density at radius 1 is 1.19 bits per heavy atom. The van der Waals surface area contributed by atoms with Crippen LogP contribution in [0.1, 0.15) is 46.5 Å². The number of allylic oxidation sites excluding steroid dienone is 1. The fourth-order valence-corrected chi connectivity index (χ4v) is 2.62. The molecule has 2 rings (SSSR count). The molecule has 0 aliphatic rings. The van der Waals surface area contributed by atoms with Gasteiger partial charge in [-0.2, -0.15) is 0 Å². The molecule has 2 aromatic rings. The molecule has 27 heavy (non-hydrogen) atoms. The van der Waals surface area contributed by atoms with Crippen molar-refractivity contribution >= 4 is 16.6 Å². The van der Waals surface area contributed by atoms with Crippen molar-refractivity contribution in [2.75, 3.05) is 13.2 Å². The van der Waals surface area contributed by atoms with Crippen molar-refractivity contribution in [2.24, 2.45) is 0 Å². The average molecular weight is 374 g/mol. The lowest BCUT2D eigenvalue weighted by atomic mass is 10.1. The van der Waals surface area contributed by atoms with Gasteiger partial charge in [-0.05, 0) is 32.4 Å². The molecule has 0 fully saturated rings. The molecule has 7 heteroatoms. The monoisotopic (exact) mass is 374 g/mol. The van der Waals surface area contributed by atoms with Crippen molar-refractivity contribution < 1.29 is 14.4 Å². The maximum atomic E-state index is 12.5. The first-order chi connectivity index (χ1) is 12.9. The van der Waals surface area contributed by atoms with Crippen LogP contribution in [0.2, 0.25) is 0 Å². The number of hydrogen-bond acceptors (Lipinski definition) is 5. The quantitative estimate of drug-likeness (QED) is 0.280. The molecule has 0 saturated carbocycles. The number of pyridine rings is 1. The summed E-state index contributed by atoms with van der Waals surface area (Å²) < 4.78 is 11.6. The first kappa shape index (κ1) is 20.5. The molecule has 0 spiro atoms. The molecule has 146 valence electrons. The summed E-state index contributed by atoms with van der Waals surface area (Å²) in [5.41, 5.74) is 0.883. The van der Waals surface area contributed by atoms with Gasteiger partial charge in [-0.3, -0.25) is 14.9 Å². The minimum atomic E-state index is -0.500. The number of fused-ring (bicyclic) bond motifs is 1. The number of nitro benzene ring substituents is 1. The molecular weight excluding hydrogens is 348 g/mol. The number of ether oxygens (including phenoxy) is 2. The summed E-state index contributed by atoms with van der Waals surface area (Å²) in [5.74, 6) is 0.437. The first-order valence-electron chi connectivity index (χ1n) is 9.17. The van der Waals surface area contributed by atoms with Gasteiger partial charge in [0.15, 0.2) is 5.75 Å². The van der Waals surface area contributed by atoms with Crippen LogP contribution in [0.4, 0.5) is 5.69 Å². The number of unbranched alkanes of at least 4 members (excludes halogenated alkanes) is 3. The van der Waals surface area contributed by atoms with Crippen LogP contribution in [-0.2, 0) is 0 Å². The summed E-state index contributed by atoms with van der Waals surface area (Å²) in [6, 6.07) is 4.29. The Morgan fingerprint density at radius 3 is 2.63 bits per heavy atom. The number of aromatic nitrogens is 1. The van der Waals surface area contributed by atoms with Crippen LogP contribution in [0.15, 0.2) is 34.6 Å². The van der Waals surface area contributed by atoms with Gasteiger partial charge in [-0.1, -0.05) is 31.8 Å². The summed E-state index contributed by atoms with van der Waals surface area (Å²) in [4.78, 5) is 25.7. The zero-order chi connectivity index (χ0) is 19.8. The van der Waals surface area contributed by atoms with Gasteiger partial charge in [-0.15, -0.1) is 0 Å². The number of non-ortho nitro benzene ring substituents is 1. The third-order valence-electron chi connectivity index (χ3n) is 4.08. The van der Waals surface area contributed by atoms with E-state index in [2.05, 4.69) is 11.9 Å². The standard InChI is InChI=1S/C20H26N2O5/c1-4-5-6-7-11-26-19-18(27-12-10-14(2)3)16-9-8-15(22(24)25)13-17(16)21-20(19)23/h8-10,13H,4-7,11-12H2,1-3H3,(H,21,23). The molecule has 0 aliphatic carbocycles. The van der Waals surface area contributed by atoms with Crippen molar-refractivity contribution in [3.05, 3.63) is 50.3 Å². The van der Waals surface area contributed by atoms with Crippen LogP contribution in [0.3, 0.4) is 0 Å². The molecule has 1 aromatic heterocycles. The second-order valence-corrected chi connectivity index (χ2v) is 6.60. The number of benzene rings is 1. The predicted octanol–water partition coefficient (Wildman–Crippen LogP) is 4.74. The smallest absolute Gasteiger partial charge is 0.294 e. The Morgan fingerprint density at radius 2 is 1.96 bits per heavy atom. The Bertz CT molecular complexity index is 882. The number of hydrogen-bond donors (Lipinski definition) is 1. The zero-order valence-electron chi connectivity index (χ0n) is 16.0. The van der Waals surface area contributed by atoms with E-state index >= 15 is 0 Å². The van der Waals surface area contributed by atoms with Gasteiger partial charge < -0.3 is 14.5 Å². The lowest BCUT2D eigenvalue weighted by Gasteiger charge is -2.14. The van der Waals surface area contributed by atoms with Crippen LogP contribution in [0.25, 0.3) is 10.9 Å². The number of nitrogens with one attached hydrogen (secondary N) is 1. The van der Waals surface area contributed by atoms with Crippen LogP contribution in [0, 0.1) is 10.1 Å². The Balaban J connectivity index is 2.40. The minimum absolute atomic E-state index is 0.0957. The van der Waals surface area contributed by atoms with Gasteiger partial charge in [0.05, 0.1) is 17.0 Å². The maximum Gasteiger partial charge on any atom is 0.294 e. The van der Waals surface area contributed by atoms with E-state index in [0.717, 1.165) is 31.3 Å². The molecule has 1 N–H and O–H groups in total. The van der Waals surface area contributed by atoms with E-state index in [1.54, 1.807) is 6.07 Å². The molecule has 1 heterocycles. The van der Waals surface area contributed by atoms with Crippen molar-refractivity contribution in [1.29, 1.82) is 0 Å². The van der Waals surface area contributed by atoms with Crippen LogP contribution < -0.4 is 15.0 Å². The molecule has 0 bridgehead atoms. The summed E-state index contributed by atoms with van der Waals surface area (Å²) in [7, 11) is 0. The van der Waals surface area contributed by atoms with E-state index in [-0.39, 0.29) is 18.0 Å². The van der Waals surface area contributed by atoms with Crippen molar-refractivity contribution in [3.63, 3.8) is 0 Å². The van der Waals surface area contributed by atoms with Gasteiger partial charge in [0, 0.05) is 17.5 Å². The number of rotatable bonds is 10. The summed E-state index contributed by atoms with van der Waals surface area (Å²) >= 11 is 0. The zero-order valence-corrected chi connectivity index (χ0v) is 16.0. The predicted molar refractivity (Wildman–Crippen MR) is 106 cm³/mol. The molecule has 0 aliphatic heterocycles. The highest BCUT2D eigenvalue weighted by molar-refractivity contribution is 5.88. The third kappa shape index (κ3) is 5.57. The van der Waals surface area contributed by atoms with E-state index in [4.69, 9.17) is 9.47 Å². The number of nitrogens with zero attached hydrogens (tertiary/aromatic N) is 1. The lowest BCUT2D eigenvalue weighted by Crippen LogP contribution is -2.15. The SMILES string of the molecule is CCCCCCOc1c(OCC=C(C)C)c2ccc([N+](=O)[O-])cc2[nH]c1=O. The second kappa shape index (κ2) is 9.75. The Labute approximate surface area is 158 Å². The van der Waals surface area contributed by atoms with Gasteiger partial charge in [0.25, 0.3) is 11.2 Å². The maximum absolute atomic E-state index is 12.5.